The fourth-order valence-electron chi connectivity index (χ4n) is 5.67. The number of amides is 1. The summed E-state index contributed by atoms with van der Waals surface area (Å²) in [5, 5.41) is 0. The van der Waals surface area contributed by atoms with Gasteiger partial charge in [0.1, 0.15) is 11.6 Å². The van der Waals surface area contributed by atoms with E-state index in [2.05, 4.69) is 4.98 Å². The zero-order chi connectivity index (χ0) is 26.0. The lowest BCUT2D eigenvalue weighted by molar-refractivity contribution is -0.256. The molecule has 9 heteroatoms. The van der Waals surface area contributed by atoms with Gasteiger partial charge in [0, 0.05) is 30.8 Å². The maximum absolute atomic E-state index is 14.8. The van der Waals surface area contributed by atoms with E-state index in [1.54, 1.807) is 35.4 Å². The van der Waals surface area contributed by atoms with E-state index >= 15 is 0 Å². The van der Waals surface area contributed by atoms with Crippen molar-refractivity contribution in [2.75, 3.05) is 39.3 Å². The van der Waals surface area contributed by atoms with Crippen molar-refractivity contribution in [3.05, 3.63) is 47.9 Å². The molecule has 0 atom stereocenters. The van der Waals surface area contributed by atoms with Crippen LogP contribution in [0.25, 0.3) is 11.3 Å². The van der Waals surface area contributed by atoms with Crippen molar-refractivity contribution in [3.63, 3.8) is 0 Å². The van der Waals surface area contributed by atoms with E-state index in [1.807, 2.05) is 4.90 Å². The molecule has 1 saturated carbocycles. The van der Waals surface area contributed by atoms with Gasteiger partial charge in [0.25, 0.3) is 5.91 Å². The first-order valence-electron chi connectivity index (χ1n) is 13.2. The molecule has 0 bridgehead atoms. The smallest absolute Gasteiger partial charge is 0.395 e. The number of hydrogen-bond donors (Lipinski definition) is 0. The van der Waals surface area contributed by atoms with Crippen LogP contribution in [0.3, 0.4) is 0 Å². The fraction of sp³-hybridized carbons (Fsp3) is 0.571. The summed E-state index contributed by atoms with van der Waals surface area (Å²) in [5.41, 5.74) is -0.393. The van der Waals surface area contributed by atoms with Crippen molar-refractivity contribution in [3.8, 4) is 17.0 Å². The molecule has 1 aromatic carbocycles. The quantitative estimate of drug-likeness (QED) is 0.425. The predicted octanol–water partition coefficient (Wildman–Crippen LogP) is 5.95. The Kier molecular flexibility index (Phi) is 7.43. The van der Waals surface area contributed by atoms with Gasteiger partial charge in [0.05, 0.1) is 23.9 Å². The molecule has 0 spiro atoms. The molecule has 37 heavy (non-hydrogen) atoms. The Morgan fingerprint density at radius 1 is 1.03 bits per heavy atom. The third kappa shape index (κ3) is 5.61. The number of aromatic nitrogens is 1. The van der Waals surface area contributed by atoms with Crippen molar-refractivity contribution in [2.24, 2.45) is 11.3 Å². The average Bonchev–Trinajstić information content (AvgIpc) is 3.40. The van der Waals surface area contributed by atoms with Crippen molar-refractivity contribution in [2.45, 2.75) is 51.1 Å². The maximum Gasteiger partial charge on any atom is 0.395 e. The van der Waals surface area contributed by atoms with Crippen LogP contribution in [-0.2, 0) is 0 Å². The van der Waals surface area contributed by atoms with E-state index in [9.17, 15) is 22.4 Å². The van der Waals surface area contributed by atoms with E-state index in [0.29, 0.717) is 61.8 Å². The summed E-state index contributed by atoms with van der Waals surface area (Å²) in [6.07, 6.45) is 2.13. The molecule has 3 heterocycles. The van der Waals surface area contributed by atoms with Crippen LogP contribution < -0.4 is 4.74 Å². The highest BCUT2D eigenvalue weighted by Gasteiger charge is 2.58. The Labute approximate surface area is 214 Å². The van der Waals surface area contributed by atoms with Gasteiger partial charge >= 0.3 is 6.18 Å². The van der Waals surface area contributed by atoms with Gasteiger partial charge in [-0.05, 0) is 87.9 Å². The number of piperidine rings is 1. The van der Waals surface area contributed by atoms with Gasteiger partial charge in [-0.3, -0.25) is 9.78 Å². The number of alkyl halides is 3. The molecule has 5 nitrogen and oxygen atoms in total. The Morgan fingerprint density at radius 3 is 2.32 bits per heavy atom. The van der Waals surface area contributed by atoms with E-state index < -0.39 is 17.4 Å². The number of carbonyl (C=O) groups is 1. The molecular formula is C28H33F4N3O2. The number of halogens is 4. The summed E-state index contributed by atoms with van der Waals surface area (Å²) >= 11 is 0. The van der Waals surface area contributed by atoms with Crippen LogP contribution in [0.1, 0.15) is 55.3 Å². The van der Waals surface area contributed by atoms with Crippen LogP contribution in [0.4, 0.5) is 17.6 Å². The van der Waals surface area contributed by atoms with Crippen molar-refractivity contribution < 1.29 is 27.1 Å². The lowest BCUT2D eigenvalue weighted by atomic mass is 9.67. The van der Waals surface area contributed by atoms with Gasteiger partial charge in [-0.2, -0.15) is 13.2 Å². The van der Waals surface area contributed by atoms with Crippen molar-refractivity contribution >= 4 is 5.91 Å². The van der Waals surface area contributed by atoms with E-state index in [1.165, 1.54) is 6.07 Å². The van der Waals surface area contributed by atoms with Crippen molar-refractivity contribution in [1.29, 1.82) is 0 Å². The van der Waals surface area contributed by atoms with E-state index in [-0.39, 0.29) is 31.2 Å². The second kappa shape index (κ2) is 10.6. The Bertz CT molecular complexity index is 1090. The summed E-state index contributed by atoms with van der Waals surface area (Å²) in [6.45, 7) is 3.31. The maximum atomic E-state index is 14.8. The van der Waals surface area contributed by atoms with E-state index in [4.69, 9.17) is 4.74 Å². The van der Waals surface area contributed by atoms with Crippen molar-refractivity contribution in [1.82, 2.24) is 14.8 Å². The molecule has 0 N–H and O–H groups in total. The molecule has 2 aliphatic heterocycles. The third-order valence-electron chi connectivity index (χ3n) is 8.25. The minimum atomic E-state index is -4.12. The van der Waals surface area contributed by atoms with Crippen LogP contribution in [0.15, 0.2) is 36.5 Å². The van der Waals surface area contributed by atoms with Crippen LogP contribution in [0.5, 0.6) is 5.75 Å². The number of nitrogens with zero attached hydrogens (tertiary/aromatic N) is 3. The number of pyridine rings is 1. The number of benzene rings is 1. The summed E-state index contributed by atoms with van der Waals surface area (Å²) < 4.78 is 61.1. The largest absolute Gasteiger partial charge is 0.492 e. The van der Waals surface area contributed by atoms with Crippen LogP contribution in [-0.4, -0.2) is 66.2 Å². The van der Waals surface area contributed by atoms with Gasteiger partial charge < -0.3 is 14.5 Å². The zero-order valence-corrected chi connectivity index (χ0v) is 20.9. The van der Waals surface area contributed by atoms with Gasteiger partial charge in [0.2, 0.25) is 0 Å². The second-order valence-corrected chi connectivity index (χ2v) is 10.7. The monoisotopic (exact) mass is 519 g/mol. The highest BCUT2D eigenvalue weighted by Crippen LogP contribution is 2.53. The molecule has 2 saturated heterocycles. The number of ether oxygens (including phenoxy) is 1. The minimum absolute atomic E-state index is 0.111. The molecule has 5 rings (SSSR count). The fourth-order valence-corrected chi connectivity index (χ4v) is 5.67. The molecule has 2 aromatic rings. The zero-order valence-electron chi connectivity index (χ0n) is 20.9. The molecule has 1 aliphatic carbocycles. The Morgan fingerprint density at radius 2 is 1.76 bits per heavy atom. The molecule has 200 valence electrons. The highest BCUT2D eigenvalue weighted by molar-refractivity contribution is 5.94. The topological polar surface area (TPSA) is 45.7 Å². The SMILES string of the molecule is O=C(c1ccc(-c2ccc(OCC3CCN(CC4(C(F)(F)F)CCC4)CC3)cn2)c(F)c1)N1CCCC1. The van der Waals surface area contributed by atoms with Gasteiger partial charge in [0.15, 0.2) is 0 Å². The Hall–Kier alpha value is -2.68. The first-order valence-corrected chi connectivity index (χ1v) is 13.2. The molecule has 1 amide bonds. The first kappa shape index (κ1) is 25.9. The molecular weight excluding hydrogens is 486 g/mol. The van der Waals surface area contributed by atoms with Gasteiger partial charge in [-0.1, -0.05) is 6.42 Å². The number of rotatable bonds is 7. The van der Waals surface area contributed by atoms with Crippen LogP contribution in [0.2, 0.25) is 0 Å². The highest BCUT2D eigenvalue weighted by atomic mass is 19.4. The average molecular weight is 520 g/mol. The lowest BCUT2D eigenvalue weighted by Gasteiger charge is -2.47. The molecule has 3 aliphatic rings. The Balaban J connectivity index is 1.11. The number of carbonyl (C=O) groups excluding carboxylic acids is 1. The summed E-state index contributed by atoms with van der Waals surface area (Å²) in [4.78, 5) is 20.6. The molecule has 1 aromatic heterocycles. The minimum Gasteiger partial charge on any atom is -0.492 e. The first-order chi connectivity index (χ1) is 17.7. The normalized spacial score (nSPS) is 20.6. The predicted molar refractivity (Wildman–Crippen MR) is 132 cm³/mol. The third-order valence-corrected chi connectivity index (χ3v) is 8.25. The van der Waals surface area contributed by atoms with Crippen LogP contribution in [0, 0.1) is 17.2 Å². The van der Waals surface area contributed by atoms with Gasteiger partial charge in [-0.15, -0.1) is 0 Å². The number of hydrogen-bond acceptors (Lipinski definition) is 4. The number of likely N-dealkylation sites (tertiary alicyclic amines) is 2. The van der Waals surface area contributed by atoms with Crippen LogP contribution >= 0.6 is 0 Å². The molecule has 0 radical (unpaired) electrons. The summed E-state index contributed by atoms with van der Waals surface area (Å²) in [6, 6.07) is 7.92. The van der Waals surface area contributed by atoms with E-state index in [0.717, 1.165) is 25.7 Å². The second-order valence-electron chi connectivity index (χ2n) is 10.7. The molecule has 0 unspecified atom stereocenters. The molecule has 3 fully saturated rings. The lowest BCUT2D eigenvalue weighted by Crippen LogP contribution is -2.53. The van der Waals surface area contributed by atoms with Gasteiger partial charge in [-0.25, -0.2) is 4.39 Å². The summed E-state index contributed by atoms with van der Waals surface area (Å²) in [5.74, 6) is 0.204. The summed E-state index contributed by atoms with van der Waals surface area (Å²) in [7, 11) is 0. The standard InChI is InChI=1S/C28H33F4N3O2/c29-24-16-21(26(36)35-12-1-2-13-35)4-6-23(24)25-7-5-22(17-33-25)37-18-20-8-14-34(15-9-20)19-27(10-3-11-27)28(30,31)32/h4-7,16-17,20H,1-3,8-15,18-19H2.